The van der Waals surface area contributed by atoms with Crippen LogP contribution in [0, 0.1) is 33.8 Å². The molecule has 1 saturated heterocycles. The summed E-state index contributed by atoms with van der Waals surface area (Å²) in [6, 6.07) is 12.0. The summed E-state index contributed by atoms with van der Waals surface area (Å²) in [5.41, 5.74) is 0.585. The Labute approximate surface area is 171 Å². The van der Waals surface area contributed by atoms with Crippen LogP contribution in [0.3, 0.4) is 0 Å². The number of benzene rings is 2. The Morgan fingerprint density at radius 2 is 1.57 bits per heavy atom. The Balaban J connectivity index is 1.35. The summed E-state index contributed by atoms with van der Waals surface area (Å²) in [5.74, 6) is -1.18. The molecule has 4 unspecified atom stereocenters. The molecule has 2 aromatic rings. The normalized spacial score (nSPS) is 26.2. The van der Waals surface area contributed by atoms with Crippen molar-refractivity contribution in [3.05, 3.63) is 76.4 Å². The van der Waals surface area contributed by atoms with E-state index < -0.39 is 10.8 Å². The van der Waals surface area contributed by atoms with Gasteiger partial charge in [0.05, 0.1) is 22.4 Å². The van der Waals surface area contributed by atoms with Crippen molar-refractivity contribution < 1.29 is 19.3 Å². The number of anilines is 2. The van der Waals surface area contributed by atoms with Gasteiger partial charge in [0.15, 0.2) is 0 Å². The first kappa shape index (κ1) is 18.2. The van der Waals surface area contributed by atoms with Crippen LogP contribution in [0.15, 0.2) is 60.7 Å². The predicted octanol–water partition coefficient (Wildman–Crippen LogP) is 3.16. The van der Waals surface area contributed by atoms with E-state index in [0.717, 1.165) is 6.42 Å². The molecule has 2 fully saturated rings. The number of rotatable bonds is 4. The van der Waals surface area contributed by atoms with E-state index in [1.807, 2.05) is 12.2 Å². The first-order valence-corrected chi connectivity index (χ1v) is 9.66. The van der Waals surface area contributed by atoms with Crippen molar-refractivity contribution in [2.75, 3.05) is 10.2 Å². The van der Waals surface area contributed by atoms with Gasteiger partial charge in [0.1, 0.15) is 5.69 Å². The van der Waals surface area contributed by atoms with Gasteiger partial charge in [0.2, 0.25) is 11.8 Å². The Bertz CT molecular complexity index is 1090. The third-order valence-electron chi connectivity index (χ3n) is 6.21. The van der Waals surface area contributed by atoms with Crippen LogP contribution >= 0.6 is 0 Å². The molecule has 1 N–H and O–H groups in total. The van der Waals surface area contributed by atoms with Crippen molar-refractivity contribution in [3.8, 4) is 0 Å². The fourth-order valence-corrected chi connectivity index (χ4v) is 4.85. The topological polar surface area (TPSA) is 110 Å². The molecule has 5 rings (SSSR count). The number of carbonyl (C=O) groups excluding carboxylic acids is 3. The lowest BCUT2D eigenvalue weighted by molar-refractivity contribution is -0.383. The third kappa shape index (κ3) is 2.64. The Morgan fingerprint density at radius 1 is 0.967 bits per heavy atom. The highest BCUT2D eigenvalue weighted by atomic mass is 16.6. The van der Waals surface area contributed by atoms with E-state index in [-0.39, 0.29) is 52.4 Å². The van der Waals surface area contributed by atoms with E-state index in [9.17, 15) is 24.5 Å². The van der Waals surface area contributed by atoms with E-state index in [0.29, 0.717) is 5.69 Å². The lowest BCUT2D eigenvalue weighted by Gasteiger charge is -2.17. The number of nitrogens with one attached hydrogen (secondary N) is 1. The number of carbonyl (C=O) groups is 3. The van der Waals surface area contributed by atoms with Crippen molar-refractivity contribution in [2.24, 2.45) is 23.7 Å². The molecule has 30 heavy (non-hydrogen) atoms. The number of nitrogens with zero attached hydrogens (tertiary/aromatic N) is 2. The fourth-order valence-electron chi connectivity index (χ4n) is 4.85. The number of hydrogen-bond donors (Lipinski definition) is 1. The molecule has 0 spiro atoms. The van der Waals surface area contributed by atoms with E-state index in [1.165, 1.54) is 35.2 Å². The molecule has 150 valence electrons. The number of nitro benzene ring substituents is 1. The van der Waals surface area contributed by atoms with Gasteiger partial charge >= 0.3 is 0 Å². The number of hydrogen-bond acceptors (Lipinski definition) is 5. The fraction of sp³-hybridized carbons (Fsp3) is 0.227. The molecule has 8 nitrogen and oxygen atoms in total. The van der Waals surface area contributed by atoms with Gasteiger partial charge in [0.25, 0.3) is 11.6 Å². The lowest BCUT2D eigenvalue weighted by atomic mass is 9.85. The van der Waals surface area contributed by atoms with Crippen LogP contribution in [-0.2, 0) is 9.59 Å². The maximum atomic E-state index is 12.9. The van der Waals surface area contributed by atoms with Crippen LogP contribution < -0.4 is 10.2 Å². The second kappa shape index (κ2) is 6.62. The van der Waals surface area contributed by atoms with Crippen LogP contribution in [-0.4, -0.2) is 22.6 Å². The van der Waals surface area contributed by atoms with E-state index in [4.69, 9.17) is 0 Å². The highest BCUT2D eigenvalue weighted by Crippen LogP contribution is 2.53. The summed E-state index contributed by atoms with van der Waals surface area (Å²) in [5, 5.41) is 13.6. The average Bonchev–Trinajstić information content (AvgIpc) is 3.42. The van der Waals surface area contributed by atoms with Gasteiger partial charge in [-0.25, -0.2) is 0 Å². The van der Waals surface area contributed by atoms with Crippen LogP contribution in [0.5, 0.6) is 0 Å². The first-order chi connectivity index (χ1) is 14.5. The van der Waals surface area contributed by atoms with Crippen LogP contribution in [0.25, 0.3) is 0 Å². The summed E-state index contributed by atoms with van der Waals surface area (Å²) in [4.78, 5) is 50.0. The number of para-hydroxylation sites is 2. The molecule has 1 aliphatic heterocycles. The van der Waals surface area contributed by atoms with Crippen molar-refractivity contribution in [1.82, 2.24) is 0 Å². The summed E-state index contributed by atoms with van der Waals surface area (Å²) in [6.45, 7) is 0. The molecule has 4 atom stereocenters. The van der Waals surface area contributed by atoms with Crippen LogP contribution in [0.2, 0.25) is 0 Å². The summed E-state index contributed by atoms with van der Waals surface area (Å²) in [7, 11) is 0. The highest BCUT2D eigenvalue weighted by Gasteiger charge is 2.59. The molecule has 2 aromatic carbocycles. The maximum absolute atomic E-state index is 12.9. The van der Waals surface area contributed by atoms with Gasteiger partial charge in [-0.15, -0.1) is 0 Å². The number of imide groups is 1. The largest absolute Gasteiger partial charge is 0.316 e. The number of amides is 3. The smallest absolute Gasteiger partial charge is 0.292 e. The molecular weight excluding hydrogens is 386 g/mol. The van der Waals surface area contributed by atoms with Crippen molar-refractivity contribution in [1.29, 1.82) is 0 Å². The highest BCUT2D eigenvalue weighted by molar-refractivity contribution is 6.23. The quantitative estimate of drug-likeness (QED) is 0.365. The predicted molar refractivity (Wildman–Crippen MR) is 108 cm³/mol. The Hall–Kier alpha value is -3.81. The number of allylic oxidation sites excluding steroid dienone is 2. The monoisotopic (exact) mass is 403 g/mol. The van der Waals surface area contributed by atoms with Crippen molar-refractivity contribution >= 4 is 34.8 Å². The van der Waals surface area contributed by atoms with Gasteiger partial charge in [-0.3, -0.25) is 29.4 Å². The van der Waals surface area contributed by atoms with Crippen molar-refractivity contribution in [2.45, 2.75) is 6.42 Å². The third-order valence-corrected chi connectivity index (χ3v) is 6.21. The van der Waals surface area contributed by atoms with Gasteiger partial charge in [-0.1, -0.05) is 24.3 Å². The van der Waals surface area contributed by atoms with Gasteiger partial charge in [-0.05, 0) is 48.6 Å². The average molecular weight is 403 g/mol. The van der Waals surface area contributed by atoms with E-state index in [1.54, 1.807) is 18.2 Å². The van der Waals surface area contributed by atoms with Gasteiger partial charge in [0, 0.05) is 11.6 Å². The molecule has 1 heterocycles. The second-order valence-corrected chi connectivity index (χ2v) is 7.79. The van der Waals surface area contributed by atoms with Crippen LogP contribution in [0.1, 0.15) is 16.8 Å². The zero-order valence-electron chi connectivity index (χ0n) is 15.7. The zero-order valence-corrected chi connectivity index (χ0v) is 15.7. The Kier molecular flexibility index (Phi) is 4.02. The first-order valence-electron chi connectivity index (χ1n) is 9.66. The summed E-state index contributed by atoms with van der Waals surface area (Å²) < 4.78 is 0. The minimum atomic E-state index is -0.567. The van der Waals surface area contributed by atoms with E-state index >= 15 is 0 Å². The second-order valence-electron chi connectivity index (χ2n) is 7.79. The molecule has 2 aliphatic carbocycles. The SMILES string of the molecule is O=C(Nc1ccccc1[N+](=O)[O-])c1ccc(N2C(=O)C3C4C=CC(C4)C3C2=O)cc1. The van der Waals surface area contributed by atoms with Gasteiger partial charge in [-0.2, -0.15) is 0 Å². The van der Waals surface area contributed by atoms with Crippen LogP contribution in [0.4, 0.5) is 17.1 Å². The lowest BCUT2D eigenvalue weighted by Crippen LogP contribution is -2.32. The van der Waals surface area contributed by atoms with E-state index in [2.05, 4.69) is 5.32 Å². The molecule has 8 heteroatoms. The summed E-state index contributed by atoms with van der Waals surface area (Å²) in [6.07, 6.45) is 4.94. The maximum Gasteiger partial charge on any atom is 0.292 e. The Morgan fingerprint density at radius 3 is 2.17 bits per heavy atom. The number of nitro groups is 1. The molecule has 0 radical (unpaired) electrons. The molecule has 0 aromatic heterocycles. The van der Waals surface area contributed by atoms with Gasteiger partial charge < -0.3 is 5.32 Å². The minimum absolute atomic E-state index is 0.0947. The molecule has 3 amide bonds. The molecule has 3 aliphatic rings. The summed E-state index contributed by atoms with van der Waals surface area (Å²) >= 11 is 0. The number of fused-ring (bicyclic) bond motifs is 5. The molecule has 2 bridgehead atoms. The molecule has 1 saturated carbocycles. The van der Waals surface area contributed by atoms with Crippen molar-refractivity contribution in [3.63, 3.8) is 0 Å². The standard InChI is InChI=1S/C22H17N3O5/c26-20(23-16-3-1-2-4-17(16)25(29)30)12-7-9-15(10-8-12)24-21(27)18-13-5-6-14(11-13)19(18)22(24)28/h1-10,13-14,18-19H,11H2,(H,23,26). The minimum Gasteiger partial charge on any atom is -0.316 e. The zero-order chi connectivity index (χ0) is 21.0. The molecular formula is C22H17N3O5.